The highest BCUT2D eigenvalue weighted by molar-refractivity contribution is 7.91. The van der Waals surface area contributed by atoms with Crippen LogP contribution in [-0.4, -0.2) is 47.3 Å². The Balaban J connectivity index is 1.84. The minimum Gasteiger partial charge on any atom is -0.338 e. The van der Waals surface area contributed by atoms with Gasteiger partial charge in [-0.2, -0.15) is 8.78 Å². The lowest BCUT2D eigenvalue weighted by molar-refractivity contribution is -0.134. The highest BCUT2D eigenvalue weighted by Gasteiger charge is 2.35. The Hall–Kier alpha value is -2.03. The molecule has 0 radical (unpaired) electrons. The number of rotatable bonds is 4. The molecule has 1 amide bonds. The molecule has 0 aliphatic carbocycles. The van der Waals surface area contributed by atoms with E-state index in [2.05, 4.69) is 4.98 Å². The van der Waals surface area contributed by atoms with Crippen LogP contribution in [-0.2, 0) is 21.2 Å². The van der Waals surface area contributed by atoms with E-state index in [4.69, 9.17) is 0 Å². The van der Waals surface area contributed by atoms with Gasteiger partial charge in [-0.3, -0.25) is 9.36 Å². The summed E-state index contributed by atoms with van der Waals surface area (Å²) in [7, 11) is -1.70. The molecule has 24 heavy (non-hydrogen) atoms. The molecule has 1 aliphatic rings. The summed E-state index contributed by atoms with van der Waals surface area (Å²) in [6.45, 7) is -2.88. The first-order valence-corrected chi connectivity index (χ1v) is 9.30. The standard InChI is InChI=1S/C15H17F2N3O3S/c1-19(14(21)10-6-7-24(22,23)9-10)8-13-18-11-4-2-3-5-12(11)20(13)15(16)17/h2-5,10,15H,6-9H2,1H3/t10-/m0/s1. The molecular formula is C15H17F2N3O3S. The second-order valence-electron chi connectivity index (χ2n) is 5.96. The summed E-state index contributed by atoms with van der Waals surface area (Å²) in [5.41, 5.74) is 0.726. The molecular weight excluding hydrogens is 340 g/mol. The van der Waals surface area contributed by atoms with Gasteiger partial charge in [0.25, 0.3) is 0 Å². The first kappa shape index (κ1) is 16.8. The van der Waals surface area contributed by atoms with E-state index in [1.807, 2.05) is 0 Å². The van der Waals surface area contributed by atoms with Gasteiger partial charge in [-0.15, -0.1) is 0 Å². The largest absolute Gasteiger partial charge is 0.338 e. The van der Waals surface area contributed by atoms with Crippen molar-refractivity contribution in [2.45, 2.75) is 19.5 Å². The van der Waals surface area contributed by atoms with Crippen molar-refractivity contribution in [3.05, 3.63) is 30.1 Å². The zero-order chi connectivity index (χ0) is 17.5. The number of nitrogens with zero attached hydrogens (tertiary/aromatic N) is 3. The van der Waals surface area contributed by atoms with Gasteiger partial charge >= 0.3 is 6.55 Å². The summed E-state index contributed by atoms with van der Waals surface area (Å²) in [5.74, 6) is -1.08. The molecule has 1 atom stereocenters. The number of sulfone groups is 1. The zero-order valence-electron chi connectivity index (χ0n) is 13.0. The maximum absolute atomic E-state index is 13.4. The van der Waals surface area contributed by atoms with Crippen LogP contribution in [0.4, 0.5) is 8.78 Å². The number of amides is 1. The minimum absolute atomic E-state index is 0.00715. The lowest BCUT2D eigenvalue weighted by atomic mass is 10.1. The van der Waals surface area contributed by atoms with Gasteiger partial charge in [0.15, 0.2) is 9.84 Å². The molecule has 1 saturated heterocycles. The molecule has 1 aromatic carbocycles. The Kier molecular flexibility index (Phi) is 4.29. The van der Waals surface area contributed by atoms with Crippen molar-refractivity contribution >= 4 is 26.8 Å². The lowest BCUT2D eigenvalue weighted by Crippen LogP contribution is -2.34. The molecule has 2 heterocycles. The van der Waals surface area contributed by atoms with Crippen molar-refractivity contribution in [2.24, 2.45) is 5.92 Å². The lowest BCUT2D eigenvalue weighted by Gasteiger charge is -2.20. The number of halogens is 2. The molecule has 6 nitrogen and oxygen atoms in total. The summed E-state index contributed by atoms with van der Waals surface area (Å²) in [6.07, 6.45) is 0.275. The third kappa shape index (κ3) is 3.12. The quantitative estimate of drug-likeness (QED) is 0.837. The molecule has 130 valence electrons. The number of fused-ring (bicyclic) bond motifs is 1. The molecule has 1 aliphatic heterocycles. The van der Waals surface area contributed by atoms with Gasteiger partial charge in [-0.05, 0) is 18.6 Å². The van der Waals surface area contributed by atoms with Crippen molar-refractivity contribution in [1.29, 1.82) is 0 Å². The maximum Gasteiger partial charge on any atom is 0.320 e. The topological polar surface area (TPSA) is 72.3 Å². The van der Waals surface area contributed by atoms with Crippen LogP contribution in [0.25, 0.3) is 11.0 Å². The van der Waals surface area contributed by atoms with Gasteiger partial charge in [0.1, 0.15) is 5.82 Å². The van der Waals surface area contributed by atoms with Crippen LogP contribution < -0.4 is 0 Å². The summed E-state index contributed by atoms with van der Waals surface area (Å²) in [6, 6.07) is 6.52. The zero-order valence-corrected chi connectivity index (χ0v) is 13.8. The van der Waals surface area contributed by atoms with Crippen LogP contribution in [0, 0.1) is 5.92 Å². The van der Waals surface area contributed by atoms with Crippen LogP contribution in [0.3, 0.4) is 0 Å². The molecule has 0 spiro atoms. The highest BCUT2D eigenvalue weighted by atomic mass is 32.2. The number of aromatic nitrogens is 2. The third-order valence-electron chi connectivity index (χ3n) is 4.20. The second kappa shape index (κ2) is 6.12. The fourth-order valence-corrected chi connectivity index (χ4v) is 4.75. The van der Waals surface area contributed by atoms with Crippen LogP contribution in [0.2, 0.25) is 0 Å². The molecule has 0 saturated carbocycles. The molecule has 3 rings (SSSR count). The van der Waals surface area contributed by atoms with Crippen LogP contribution in [0.15, 0.2) is 24.3 Å². The van der Waals surface area contributed by atoms with Crippen molar-refractivity contribution in [3.63, 3.8) is 0 Å². The van der Waals surface area contributed by atoms with Gasteiger partial charge in [0.05, 0.1) is 35.0 Å². The number of para-hydroxylation sites is 2. The van der Waals surface area contributed by atoms with Gasteiger partial charge in [-0.1, -0.05) is 12.1 Å². The van der Waals surface area contributed by atoms with Gasteiger partial charge < -0.3 is 4.90 Å². The van der Waals surface area contributed by atoms with E-state index in [9.17, 15) is 22.0 Å². The Labute approximate surface area is 138 Å². The molecule has 1 fully saturated rings. The fourth-order valence-electron chi connectivity index (χ4n) is 3.02. The highest BCUT2D eigenvalue weighted by Crippen LogP contribution is 2.25. The number of alkyl halides is 2. The van der Waals surface area contributed by atoms with E-state index in [0.717, 1.165) is 4.57 Å². The molecule has 1 aromatic heterocycles. The monoisotopic (exact) mass is 357 g/mol. The molecule has 0 bridgehead atoms. The maximum atomic E-state index is 13.4. The predicted molar refractivity (Wildman–Crippen MR) is 84.2 cm³/mol. The van der Waals surface area contributed by atoms with E-state index in [1.54, 1.807) is 24.3 Å². The second-order valence-corrected chi connectivity index (χ2v) is 8.19. The molecule has 0 unspecified atom stereocenters. The number of benzene rings is 1. The van der Waals surface area contributed by atoms with E-state index < -0.39 is 22.3 Å². The third-order valence-corrected chi connectivity index (χ3v) is 5.97. The summed E-state index contributed by atoms with van der Waals surface area (Å²) < 4.78 is 50.6. The smallest absolute Gasteiger partial charge is 0.320 e. The van der Waals surface area contributed by atoms with Gasteiger partial charge in [0.2, 0.25) is 5.91 Å². The van der Waals surface area contributed by atoms with Gasteiger partial charge in [0, 0.05) is 7.05 Å². The summed E-state index contributed by atoms with van der Waals surface area (Å²) in [4.78, 5) is 17.8. The Morgan fingerprint density at radius 3 is 2.75 bits per heavy atom. The van der Waals surface area contributed by atoms with Crippen LogP contribution >= 0.6 is 0 Å². The number of imidazole rings is 1. The molecule has 2 aromatic rings. The average molecular weight is 357 g/mol. The van der Waals surface area contributed by atoms with Crippen LogP contribution in [0.5, 0.6) is 0 Å². The number of carbonyl (C=O) groups excluding carboxylic acids is 1. The van der Waals surface area contributed by atoms with Crippen molar-refractivity contribution in [3.8, 4) is 0 Å². The number of hydrogen-bond acceptors (Lipinski definition) is 4. The minimum atomic E-state index is -3.18. The first-order chi connectivity index (χ1) is 11.3. The van der Waals surface area contributed by atoms with E-state index in [0.29, 0.717) is 11.0 Å². The Morgan fingerprint density at radius 2 is 2.12 bits per heavy atom. The van der Waals surface area contributed by atoms with Crippen molar-refractivity contribution in [2.75, 3.05) is 18.6 Å². The van der Waals surface area contributed by atoms with E-state index in [-0.39, 0.29) is 36.2 Å². The molecule has 9 heteroatoms. The molecule has 0 N–H and O–H groups in total. The fraction of sp³-hybridized carbons (Fsp3) is 0.467. The van der Waals surface area contributed by atoms with Crippen molar-refractivity contribution < 1.29 is 22.0 Å². The van der Waals surface area contributed by atoms with E-state index in [1.165, 1.54) is 11.9 Å². The van der Waals surface area contributed by atoms with Crippen molar-refractivity contribution in [1.82, 2.24) is 14.5 Å². The Bertz CT molecular complexity index is 879. The first-order valence-electron chi connectivity index (χ1n) is 7.48. The Morgan fingerprint density at radius 1 is 1.42 bits per heavy atom. The predicted octanol–water partition coefficient (Wildman–Crippen LogP) is 1.82. The number of hydrogen-bond donors (Lipinski definition) is 0. The SMILES string of the molecule is CN(Cc1nc2ccccc2n1C(F)F)C(=O)[C@H]1CCS(=O)(=O)C1. The van der Waals surface area contributed by atoms with Crippen LogP contribution in [0.1, 0.15) is 18.8 Å². The number of carbonyl (C=O) groups is 1. The van der Waals surface area contributed by atoms with Gasteiger partial charge in [-0.25, -0.2) is 13.4 Å². The summed E-state index contributed by atoms with van der Waals surface area (Å²) in [5, 5.41) is 0. The summed E-state index contributed by atoms with van der Waals surface area (Å²) >= 11 is 0. The van der Waals surface area contributed by atoms with E-state index >= 15 is 0 Å². The average Bonchev–Trinajstić information content (AvgIpc) is 3.05. The normalized spacial score (nSPS) is 19.9.